The minimum absolute atomic E-state index is 0.261. The molecule has 2 N–H and O–H groups in total. The highest BCUT2D eigenvalue weighted by Gasteiger charge is 2.09. The molecule has 0 spiro atoms. The average molecular weight is 350 g/mol. The van der Waals surface area contributed by atoms with E-state index in [9.17, 15) is 5.11 Å². The van der Waals surface area contributed by atoms with E-state index in [4.69, 9.17) is 4.74 Å². The molecule has 3 nitrogen and oxygen atoms in total. The molecular weight excluding hydrogens is 330 g/mol. The first kappa shape index (κ1) is 15.9. The Morgan fingerprint density at radius 2 is 2.05 bits per heavy atom. The third kappa shape index (κ3) is 4.48. The fraction of sp³-hybridized carbons (Fsp3) is 0.294. The Hall–Kier alpha value is -1.52. The van der Waals surface area contributed by atoms with E-state index >= 15 is 0 Å². The van der Waals surface area contributed by atoms with Crippen LogP contribution >= 0.6 is 15.9 Å². The van der Waals surface area contributed by atoms with Crippen LogP contribution in [0.1, 0.15) is 23.6 Å². The first-order valence-corrected chi connectivity index (χ1v) is 7.80. The fourth-order valence-corrected chi connectivity index (χ4v) is 2.82. The van der Waals surface area contributed by atoms with Crippen LogP contribution in [0.15, 0.2) is 40.9 Å². The Morgan fingerprint density at radius 1 is 1.24 bits per heavy atom. The van der Waals surface area contributed by atoms with E-state index in [2.05, 4.69) is 34.2 Å². The van der Waals surface area contributed by atoms with Gasteiger partial charge >= 0.3 is 0 Å². The van der Waals surface area contributed by atoms with Crippen LogP contribution in [0, 0.1) is 6.92 Å². The van der Waals surface area contributed by atoms with Gasteiger partial charge in [0.05, 0.1) is 0 Å². The van der Waals surface area contributed by atoms with Gasteiger partial charge in [-0.2, -0.15) is 0 Å². The Morgan fingerprint density at radius 3 is 2.76 bits per heavy atom. The predicted octanol–water partition coefficient (Wildman–Crippen LogP) is 4.15. The van der Waals surface area contributed by atoms with E-state index in [0.717, 1.165) is 40.0 Å². The van der Waals surface area contributed by atoms with Crippen molar-refractivity contribution in [3.05, 3.63) is 57.6 Å². The Kier molecular flexibility index (Phi) is 5.65. The minimum atomic E-state index is 0.261. The van der Waals surface area contributed by atoms with Gasteiger partial charge in [-0.15, -0.1) is 0 Å². The van der Waals surface area contributed by atoms with Gasteiger partial charge in [0.2, 0.25) is 0 Å². The van der Waals surface area contributed by atoms with Crippen molar-refractivity contribution >= 4 is 15.9 Å². The van der Waals surface area contributed by atoms with Gasteiger partial charge in [-0.3, -0.25) is 0 Å². The molecule has 2 rings (SSSR count). The Labute approximate surface area is 134 Å². The summed E-state index contributed by atoms with van der Waals surface area (Å²) in [5, 5.41) is 12.8. The second kappa shape index (κ2) is 7.48. The third-order valence-corrected chi connectivity index (χ3v) is 3.63. The molecule has 112 valence electrons. The highest BCUT2D eigenvalue weighted by Crippen LogP contribution is 2.29. The van der Waals surface area contributed by atoms with Crippen LogP contribution in [0.3, 0.4) is 0 Å². The molecule has 0 aliphatic heterocycles. The van der Waals surface area contributed by atoms with Crippen molar-refractivity contribution in [1.82, 2.24) is 5.32 Å². The molecule has 2 aromatic carbocycles. The molecule has 0 atom stereocenters. The summed E-state index contributed by atoms with van der Waals surface area (Å²) in [4.78, 5) is 0. The molecule has 2 aromatic rings. The van der Waals surface area contributed by atoms with E-state index in [-0.39, 0.29) is 5.75 Å². The van der Waals surface area contributed by atoms with Crippen LogP contribution in [0.4, 0.5) is 0 Å². The highest BCUT2D eigenvalue weighted by molar-refractivity contribution is 9.10. The maximum absolute atomic E-state index is 9.50. The van der Waals surface area contributed by atoms with Gasteiger partial charge in [0.1, 0.15) is 18.1 Å². The van der Waals surface area contributed by atoms with Gasteiger partial charge in [0, 0.05) is 16.6 Å². The number of hydrogen-bond donors (Lipinski definition) is 2. The zero-order valence-corrected chi connectivity index (χ0v) is 13.9. The molecular formula is C17H20BrNO2. The van der Waals surface area contributed by atoms with Crippen molar-refractivity contribution in [2.45, 2.75) is 27.0 Å². The summed E-state index contributed by atoms with van der Waals surface area (Å²) in [6.45, 7) is 6.25. The molecule has 0 aromatic heterocycles. The molecule has 0 amide bonds. The number of rotatable bonds is 6. The van der Waals surface area contributed by atoms with Gasteiger partial charge in [-0.25, -0.2) is 0 Å². The zero-order chi connectivity index (χ0) is 15.2. The van der Waals surface area contributed by atoms with Crippen molar-refractivity contribution in [1.29, 1.82) is 0 Å². The molecule has 0 aliphatic rings. The van der Waals surface area contributed by atoms with Crippen molar-refractivity contribution in [3.8, 4) is 11.5 Å². The number of nitrogens with one attached hydrogen (secondary N) is 1. The molecule has 21 heavy (non-hydrogen) atoms. The van der Waals surface area contributed by atoms with E-state index in [1.165, 1.54) is 0 Å². The minimum Gasteiger partial charge on any atom is -0.508 e. The van der Waals surface area contributed by atoms with Gasteiger partial charge in [-0.1, -0.05) is 35.0 Å². The summed E-state index contributed by atoms with van der Waals surface area (Å²) in [5.41, 5.74) is 3.17. The summed E-state index contributed by atoms with van der Waals surface area (Å²) < 4.78 is 7.04. The molecule has 0 fully saturated rings. The van der Waals surface area contributed by atoms with Gasteiger partial charge in [0.25, 0.3) is 0 Å². The summed E-state index contributed by atoms with van der Waals surface area (Å²) in [5.74, 6) is 1.17. The number of hydrogen-bond acceptors (Lipinski definition) is 3. The highest BCUT2D eigenvalue weighted by atomic mass is 79.9. The second-order valence-electron chi connectivity index (χ2n) is 4.95. The lowest BCUT2D eigenvalue weighted by Gasteiger charge is -2.15. The standard InChI is InChI=1S/C17H20BrNO2/c1-3-19-10-14-9-15(18)7-12(2)17(14)21-11-13-5-4-6-16(20)8-13/h4-9,19-20H,3,10-11H2,1-2H3. The second-order valence-corrected chi connectivity index (χ2v) is 5.87. The molecule has 0 saturated heterocycles. The fourth-order valence-electron chi connectivity index (χ4n) is 2.20. The van der Waals surface area contributed by atoms with E-state index in [1.54, 1.807) is 12.1 Å². The number of phenols is 1. The molecule has 0 unspecified atom stereocenters. The van der Waals surface area contributed by atoms with Gasteiger partial charge in [-0.05, 0) is 48.9 Å². The maximum Gasteiger partial charge on any atom is 0.127 e. The van der Waals surface area contributed by atoms with Gasteiger partial charge in [0.15, 0.2) is 0 Å². The van der Waals surface area contributed by atoms with Crippen LogP contribution in [0.5, 0.6) is 11.5 Å². The number of halogens is 1. The first-order valence-electron chi connectivity index (χ1n) is 7.00. The number of benzene rings is 2. The van der Waals surface area contributed by atoms with Crippen LogP contribution in [-0.4, -0.2) is 11.7 Å². The largest absolute Gasteiger partial charge is 0.508 e. The summed E-state index contributed by atoms with van der Waals surface area (Å²) in [7, 11) is 0. The van der Waals surface area contributed by atoms with Crippen LogP contribution < -0.4 is 10.1 Å². The smallest absolute Gasteiger partial charge is 0.127 e. The third-order valence-electron chi connectivity index (χ3n) is 3.18. The summed E-state index contributed by atoms with van der Waals surface area (Å²) in [6, 6.07) is 11.3. The summed E-state index contributed by atoms with van der Waals surface area (Å²) in [6.07, 6.45) is 0. The zero-order valence-electron chi connectivity index (χ0n) is 12.3. The quantitative estimate of drug-likeness (QED) is 0.822. The topological polar surface area (TPSA) is 41.5 Å². The lowest BCUT2D eigenvalue weighted by molar-refractivity contribution is 0.299. The molecule has 0 bridgehead atoms. The van der Waals surface area contributed by atoms with Gasteiger partial charge < -0.3 is 15.2 Å². The molecule has 0 saturated carbocycles. The van der Waals surface area contributed by atoms with Crippen molar-refractivity contribution < 1.29 is 9.84 Å². The number of aryl methyl sites for hydroxylation is 1. The van der Waals surface area contributed by atoms with Crippen LogP contribution in [0.2, 0.25) is 0 Å². The van der Waals surface area contributed by atoms with Crippen LogP contribution in [-0.2, 0) is 13.2 Å². The monoisotopic (exact) mass is 349 g/mol. The average Bonchev–Trinajstić information content (AvgIpc) is 2.44. The predicted molar refractivity (Wildman–Crippen MR) is 88.7 cm³/mol. The molecule has 0 aliphatic carbocycles. The Bertz CT molecular complexity index is 614. The maximum atomic E-state index is 9.50. The van der Waals surface area contributed by atoms with Crippen molar-refractivity contribution in [3.63, 3.8) is 0 Å². The molecule has 4 heteroatoms. The normalized spacial score (nSPS) is 10.6. The SMILES string of the molecule is CCNCc1cc(Br)cc(C)c1OCc1cccc(O)c1. The molecule has 0 heterocycles. The van der Waals surface area contributed by atoms with E-state index in [0.29, 0.717) is 6.61 Å². The van der Waals surface area contributed by atoms with Crippen LogP contribution in [0.25, 0.3) is 0 Å². The Balaban J connectivity index is 2.18. The van der Waals surface area contributed by atoms with E-state index in [1.807, 2.05) is 25.1 Å². The van der Waals surface area contributed by atoms with Crippen molar-refractivity contribution in [2.75, 3.05) is 6.54 Å². The number of phenolic OH excluding ortho intramolecular Hbond substituents is 1. The lowest BCUT2D eigenvalue weighted by Crippen LogP contribution is -2.13. The van der Waals surface area contributed by atoms with Crippen molar-refractivity contribution in [2.24, 2.45) is 0 Å². The number of ether oxygens (including phenoxy) is 1. The first-order chi connectivity index (χ1) is 10.1. The number of aromatic hydroxyl groups is 1. The van der Waals surface area contributed by atoms with E-state index < -0.39 is 0 Å². The molecule has 0 radical (unpaired) electrons. The lowest BCUT2D eigenvalue weighted by atomic mass is 10.1. The summed E-state index contributed by atoms with van der Waals surface area (Å²) >= 11 is 3.53.